The Labute approximate surface area is 118 Å². The van der Waals surface area contributed by atoms with Gasteiger partial charge in [-0.25, -0.2) is 0 Å². The van der Waals surface area contributed by atoms with Gasteiger partial charge in [-0.05, 0) is 38.6 Å². The van der Waals surface area contributed by atoms with Crippen molar-refractivity contribution in [2.75, 3.05) is 26.7 Å². The number of rotatable bonds is 5. The second-order valence-electron chi connectivity index (χ2n) is 7.44. The van der Waals surface area contributed by atoms with Gasteiger partial charge in [-0.15, -0.1) is 0 Å². The van der Waals surface area contributed by atoms with E-state index in [2.05, 4.69) is 18.9 Å². The van der Waals surface area contributed by atoms with Gasteiger partial charge in [0, 0.05) is 25.1 Å². The fraction of sp³-hybridized carbons (Fsp3) is 1.00. The summed E-state index contributed by atoms with van der Waals surface area (Å²) in [6.07, 6.45) is 8.94. The number of hydrogen-bond donors (Lipinski definition) is 2. The Morgan fingerprint density at radius 3 is 2.16 bits per heavy atom. The van der Waals surface area contributed by atoms with Crippen LogP contribution in [0, 0.1) is 11.3 Å². The lowest BCUT2D eigenvalue weighted by Gasteiger charge is -2.42. The van der Waals surface area contributed by atoms with Crippen LogP contribution in [-0.2, 0) is 0 Å². The molecule has 0 aromatic carbocycles. The molecule has 3 heteroatoms. The molecule has 2 saturated carbocycles. The highest BCUT2D eigenvalue weighted by atomic mass is 16.3. The van der Waals surface area contributed by atoms with Crippen molar-refractivity contribution in [1.82, 2.24) is 4.90 Å². The van der Waals surface area contributed by atoms with Gasteiger partial charge in [0.1, 0.15) is 0 Å². The normalized spacial score (nSPS) is 34.9. The van der Waals surface area contributed by atoms with Crippen molar-refractivity contribution in [3.05, 3.63) is 0 Å². The molecular formula is C16H31NO2. The summed E-state index contributed by atoms with van der Waals surface area (Å²) in [4.78, 5) is 2.26. The third-order valence-corrected chi connectivity index (χ3v) is 5.37. The summed E-state index contributed by atoms with van der Waals surface area (Å²) in [6, 6.07) is 0. The summed E-state index contributed by atoms with van der Waals surface area (Å²) in [7, 11) is 2.10. The van der Waals surface area contributed by atoms with Gasteiger partial charge in [-0.2, -0.15) is 0 Å². The summed E-state index contributed by atoms with van der Waals surface area (Å²) in [5, 5.41) is 20.3. The van der Waals surface area contributed by atoms with E-state index in [0.717, 1.165) is 57.5 Å². The summed E-state index contributed by atoms with van der Waals surface area (Å²) in [5.41, 5.74) is -0.385. The van der Waals surface area contributed by atoms with Gasteiger partial charge in [0.2, 0.25) is 0 Å². The summed E-state index contributed by atoms with van der Waals surface area (Å²) >= 11 is 0. The van der Waals surface area contributed by atoms with Crippen LogP contribution in [0.15, 0.2) is 0 Å². The molecule has 19 heavy (non-hydrogen) atoms. The van der Waals surface area contributed by atoms with Crippen molar-refractivity contribution in [3.63, 3.8) is 0 Å². The zero-order valence-electron chi connectivity index (χ0n) is 12.7. The predicted molar refractivity (Wildman–Crippen MR) is 78.1 cm³/mol. The van der Waals surface area contributed by atoms with E-state index in [9.17, 15) is 10.2 Å². The van der Waals surface area contributed by atoms with Crippen molar-refractivity contribution < 1.29 is 10.2 Å². The van der Waals surface area contributed by atoms with Gasteiger partial charge >= 0.3 is 0 Å². The van der Waals surface area contributed by atoms with Gasteiger partial charge in [0.25, 0.3) is 0 Å². The Morgan fingerprint density at radius 1 is 1.05 bits per heavy atom. The van der Waals surface area contributed by atoms with Crippen LogP contribution in [0.25, 0.3) is 0 Å². The molecule has 0 aromatic rings. The molecule has 112 valence electrons. The maximum Gasteiger partial charge on any atom is 0.0774 e. The Hall–Kier alpha value is -0.120. The average molecular weight is 269 g/mol. The summed E-state index contributed by atoms with van der Waals surface area (Å²) in [5.74, 6) is 0.809. The fourth-order valence-corrected chi connectivity index (χ4v) is 4.06. The lowest BCUT2D eigenvalue weighted by atomic mass is 9.71. The second-order valence-corrected chi connectivity index (χ2v) is 7.44. The van der Waals surface area contributed by atoms with E-state index in [1.165, 1.54) is 12.8 Å². The molecule has 0 saturated heterocycles. The van der Waals surface area contributed by atoms with E-state index in [1.807, 2.05) is 0 Å². The lowest BCUT2D eigenvalue weighted by molar-refractivity contribution is -0.0149. The quantitative estimate of drug-likeness (QED) is 0.805. The van der Waals surface area contributed by atoms with Gasteiger partial charge in [0.05, 0.1) is 5.60 Å². The Kier molecular flexibility index (Phi) is 4.91. The first-order chi connectivity index (χ1) is 8.97. The van der Waals surface area contributed by atoms with Crippen LogP contribution in [0.2, 0.25) is 0 Å². The molecule has 0 atom stereocenters. The molecule has 0 aromatic heterocycles. The molecule has 0 amide bonds. The summed E-state index contributed by atoms with van der Waals surface area (Å²) in [6.45, 7) is 4.30. The molecule has 3 nitrogen and oxygen atoms in total. The highest BCUT2D eigenvalue weighted by molar-refractivity contribution is 4.91. The van der Waals surface area contributed by atoms with E-state index in [0.29, 0.717) is 6.61 Å². The van der Waals surface area contributed by atoms with E-state index in [1.54, 1.807) is 0 Å². The topological polar surface area (TPSA) is 43.7 Å². The minimum atomic E-state index is -0.465. The molecule has 0 spiro atoms. The van der Waals surface area contributed by atoms with Gasteiger partial charge in [-0.1, -0.05) is 32.6 Å². The van der Waals surface area contributed by atoms with E-state index < -0.39 is 5.60 Å². The molecule has 0 aliphatic heterocycles. The van der Waals surface area contributed by atoms with Crippen molar-refractivity contribution in [2.45, 2.75) is 63.9 Å². The van der Waals surface area contributed by atoms with Gasteiger partial charge in [-0.3, -0.25) is 0 Å². The number of likely N-dealkylation sites (N-methyl/N-ethyl adjacent to an activating group) is 1. The fourth-order valence-electron chi connectivity index (χ4n) is 4.06. The predicted octanol–water partition coefficient (Wildman–Crippen LogP) is 2.41. The SMILES string of the molecule is CC1CCC(CO)(CN(C)CC2(O)CCCC2)CC1. The number of aliphatic hydroxyl groups excluding tert-OH is 1. The zero-order valence-corrected chi connectivity index (χ0v) is 12.7. The number of hydrogen-bond acceptors (Lipinski definition) is 3. The monoisotopic (exact) mass is 269 g/mol. The molecule has 2 aliphatic rings. The standard InChI is InChI=1S/C16H31NO2/c1-14-5-9-15(13-18,10-6-14)11-17(2)12-16(19)7-3-4-8-16/h14,18-19H,3-13H2,1-2H3. The van der Waals surface area contributed by atoms with Crippen LogP contribution in [0.4, 0.5) is 0 Å². The molecule has 0 bridgehead atoms. The highest BCUT2D eigenvalue weighted by Crippen LogP contribution is 2.39. The average Bonchev–Trinajstić information content (AvgIpc) is 2.79. The van der Waals surface area contributed by atoms with Crippen LogP contribution >= 0.6 is 0 Å². The van der Waals surface area contributed by atoms with Crippen LogP contribution in [0.1, 0.15) is 58.3 Å². The van der Waals surface area contributed by atoms with E-state index >= 15 is 0 Å². The first-order valence-electron chi connectivity index (χ1n) is 7.99. The largest absolute Gasteiger partial charge is 0.396 e. The van der Waals surface area contributed by atoms with Crippen molar-refractivity contribution in [1.29, 1.82) is 0 Å². The zero-order chi connectivity index (χ0) is 13.9. The molecule has 0 unspecified atom stereocenters. The third-order valence-electron chi connectivity index (χ3n) is 5.37. The van der Waals surface area contributed by atoms with Crippen LogP contribution in [0.3, 0.4) is 0 Å². The van der Waals surface area contributed by atoms with Crippen molar-refractivity contribution >= 4 is 0 Å². The van der Waals surface area contributed by atoms with Crippen LogP contribution < -0.4 is 0 Å². The van der Waals surface area contributed by atoms with Crippen molar-refractivity contribution in [3.8, 4) is 0 Å². The number of nitrogens with zero attached hydrogens (tertiary/aromatic N) is 1. The van der Waals surface area contributed by atoms with Crippen molar-refractivity contribution in [2.24, 2.45) is 11.3 Å². The first kappa shape index (κ1) is 15.3. The van der Waals surface area contributed by atoms with Crippen LogP contribution in [0.5, 0.6) is 0 Å². The molecule has 2 rings (SSSR count). The Balaban J connectivity index is 1.87. The van der Waals surface area contributed by atoms with Gasteiger partial charge < -0.3 is 15.1 Å². The molecule has 0 radical (unpaired) electrons. The Bertz CT molecular complexity index is 278. The first-order valence-corrected chi connectivity index (χ1v) is 7.99. The lowest BCUT2D eigenvalue weighted by Crippen LogP contribution is -2.46. The van der Waals surface area contributed by atoms with E-state index in [4.69, 9.17) is 0 Å². The molecular weight excluding hydrogens is 238 g/mol. The van der Waals surface area contributed by atoms with Crippen LogP contribution in [-0.4, -0.2) is 47.5 Å². The second kappa shape index (κ2) is 6.11. The minimum absolute atomic E-state index is 0.0796. The third kappa shape index (κ3) is 3.93. The molecule has 2 fully saturated rings. The minimum Gasteiger partial charge on any atom is -0.396 e. The van der Waals surface area contributed by atoms with E-state index in [-0.39, 0.29) is 5.41 Å². The molecule has 2 aliphatic carbocycles. The maximum atomic E-state index is 10.5. The van der Waals surface area contributed by atoms with Gasteiger partial charge in [0.15, 0.2) is 0 Å². The molecule has 2 N–H and O–H groups in total. The molecule has 0 heterocycles. The maximum absolute atomic E-state index is 10.5. The summed E-state index contributed by atoms with van der Waals surface area (Å²) < 4.78 is 0. The Morgan fingerprint density at radius 2 is 1.63 bits per heavy atom. The number of aliphatic hydroxyl groups is 2. The highest BCUT2D eigenvalue weighted by Gasteiger charge is 2.37. The smallest absolute Gasteiger partial charge is 0.0774 e.